The number of nitrogens with one attached hydrogen (secondary N) is 2. The van der Waals surface area contributed by atoms with Gasteiger partial charge in [0, 0.05) is 16.0 Å². The Morgan fingerprint density at radius 3 is 2.78 bits per heavy atom. The van der Waals surface area contributed by atoms with Gasteiger partial charge in [-0.3, -0.25) is 4.79 Å². The first-order valence-electron chi connectivity index (χ1n) is 8.88. The molecule has 3 aromatic rings. The van der Waals surface area contributed by atoms with Crippen molar-refractivity contribution in [2.75, 3.05) is 20.7 Å². The first kappa shape index (κ1) is 19.3. The van der Waals surface area contributed by atoms with Crippen molar-refractivity contribution in [3.63, 3.8) is 0 Å². The maximum atomic E-state index is 12.4. The standard InChI is InChI=1S/C21H23ClN2O3/c1-14(20-11-15-6-4-5-7-19(15)27-20)23-21(25)13-24(2)12-16-10-17(22)8-9-18(16)26-3/h4-11,14H,12-13H2,1-3H3,(H,23,25)/p+1/t14-/m0/s1. The lowest BCUT2D eigenvalue weighted by molar-refractivity contribution is -0.885. The van der Waals surface area contributed by atoms with Gasteiger partial charge in [0.2, 0.25) is 0 Å². The molecule has 1 unspecified atom stereocenters. The van der Waals surface area contributed by atoms with Crippen LogP contribution in [-0.2, 0) is 11.3 Å². The van der Waals surface area contributed by atoms with E-state index in [-0.39, 0.29) is 11.9 Å². The normalized spacial score (nSPS) is 13.3. The number of fused-ring (bicyclic) bond motifs is 1. The molecule has 3 rings (SSSR count). The number of ether oxygens (including phenoxy) is 1. The summed E-state index contributed by atoms with van der Waals surface area (Å²) in [5.74, 6) is 1.48. The van der Waals surface area contributed by atoms with Gasteiger partial charge in [-0.1, -0.05) is 29.8 Å². The molecule has 1 amide bonds. The van der Waals surface area contributed by atoms with Crippen molar-refractivity contribution in [2.24, 2.45) is 0 Å². The van der Waals surface area contributed by atoms with E-state index in [0.717, 1.165) is 32.9 Å². The van der Waals surface area contributed by atoms with Gasteiger partial charge in [-0.15, -0.1) is 0 Å². The number of rotatable bonds is 7. The van der Waals surface area contributed by atoms with Gasteiger partial charge in [0.05, 0.1) is 20.2 Å². The van der Waals surface area contributed by atoms with Crippen LogP contribution < -0.4 is 15.0 Å². The Hall–Kier alpha value is -2.50. The van der Waals surface area contributed by atoms with Crippen LogP contribution in [0.4, 0.5) is 0 Å². The first-order chi connectivity index (χ1) is 13.0. The van der Waals surface area contributed by atoms with E-state index in [1.165, 1.54) is 0 Å². The van der Waals surface area contributed by atoms with Crippen LogP contribution in [-0.4, -0.2) is 26.6 Å². The molecule has 5 nitrogen and oxygen atoms in total. The largest absolute Gasteiger partial charge is 0.496 e. The molecule has 2 N–H and O–H groups in total. The van der Waals surface area contributed by atoms with Gasteiger partial charge in [-0.2, -0.15) is 0 Å². The highest BCUT2D eigenvalue weighted by Gasteiger charge is 2.18. The van der Waals surface area contributed by atoms with Crippen LogP contribution >= 0.6 is 11.6 Å². The third-order valence-corrected chi connectivity index (χ3v) is 4.68. The van der Waals surface area contributed by atoms with Crippen molar-refractivity contribution in [1.29, 1.82) is 0 Å². The SMILES string of the molecule is COc1ccc(Cl)cc1C[NH+](C)CC(=O)N[C@@H](C)c1cc2ccccc2o1. The molecule has 0 aliphatic carbocycles. The van der Waals surface area contributed by atoms with Gasteiger partial charge in [-0.05, 0) is 37.3 Å². The van der Waals surface area contributed by atoms with Crippen LogP contribution in [0.2, 0.25) is 5.02 Å². The number of carbonyl (C=O) groups excluding carboxylic acids is 1. The molecule has 0 saturated carbocycles. The molecule has 6 heteroatoms. The molecule has 0 radical (unpaired) electrons. The quantitative estimate of drug-likeness (QED) is 0.655. The summed E-state index contributed by atoms with van der Waals surface area (Å²) in [5, 5.41) is 4.69. The zero-order chi connectivity index (χ0) is 19.4. The van der Waals surface area contributed by atoms with Gasteiger partial charge in [0.1, 0.15) is 23.6 Å². The summed E-state index contributed by atoms with van der Waals surface area (Å²) in [6.07, 6.45) is 0. The number of benzene rings is 2. The molecule has 1 aromatic heterocycles. The maximum absolute atomic E-state index is 12.4. The van der Waals surface area contributed by atoms with Gasteiger partial charge in [0.15, 0.2) is 6.54 Å². The molecule has 0 saturated heterocycles. The molecule has 2 atom stereocenters. The number of furan rings is 1. The van der Waals surface area contributed by atoms with Crippen LogP contribution in [0.1, 0.15) is 24.3 Å². The van der Waals surface area contributed by atoms with E-state index in [1.807, 2.05) is 56.4 Å². The molecule has 0 spiro atoms. The Morgan fingerprint density at radius 1 is 1.26 bits per heavy atom. The van der Waals surface area contributed by atoms with Crippen LogP contribution in [0.25, 0.3) is 11.0 Å². The average Bonchev–Trinajstić information content (AvgIpc) is 3.06. The van der Waals surface area contributed by atoms with Crippen molar-refractivity contribution in [3.8, 4) is 5.75 Å². The maximum Gasteiger partial charge on any atom is 0.275 e. The van der Waals surface area contributed by atoms with E-state index in [4.69, 9.17) is 20.8 Å². The highest BCUT2D eigenvalue weighted by molar-refractivity contribution is 6.30. The fourth-order valence-electron chi connectivity index (χ4n) is 3.13. The third kappa shape index (κ3) is 4.81. The van der Waals surface area contributed by atoms with Gasteiger partial charge >= 0.3 is 0 Å². The summed E-state index contributed by atoms with van der Waals surface area (Å²) in [5.41, 5.74) is 1.80. The van der Waals surface area contributed by atoms with E-state index in [0.29, 0.717) is 18.1 Å². The van der Waals surface area contributed by atoms with Crippen molar-refractivity contribution >= 4 is 28.5 Å². The van der Waals surface area contributed by atoms with E-state index in [1.54, 1.807) is 13.2 Å². The lowest BCUT2D eigenvalue weighted by atomic mass is 10.2. The molecule has 142 valence electrons. The Bertz CT molecular complexity index is 905. The van der Waals surface area contributed by atoms with Crippen molar-refractivity contribution in [2.45, 2.75) is 19.5 Å². The summed E-state index contributed by atoms with van der Waals surface area (Å²) in [6.45, 7) is 2.89. The minimum atomic E-state index is -0.196. The summed E-state index contributed by atoms with van der Waals surface area (Å²) >= 11 is 6.08. The summed E-state index contributed by atoms with van der Waals surface area (Å²) in [6, 6.07) is 15.1. The number of hydrogen-bond donors (Lipinski definition) is 2. The monoisotopic (exact) mass is 387 g/mol. The first-order valence-corrected chi connectivity index (χ1v) is 9.25. The minimum Gasteiger partial charge on any atom is -0.496 e. The third-order valence-electron chi connectivity index (χ3n) is 4.45. The topological polar surface area (TPSA) is 55.9 Å². The molecular formula is C21H24ClN2O3+. The number of halogens is 1. The molecule has 2 aromatic carbocycles. The predicted octanol–water partition coefficient (Wildman–Crippen LogP) is 2.99. The van der Waals surface area contributed by atoms with E-state index >= 15 is 0 Å². The second kappa shape index (κ2) is 8.46. The van der Waals surface area contributed by atoms with Crippen molar-refractivity contribution in [1.82, 2.24) is 5.32 Å². The lowest BCUT2D eigenvalue weighted by Gasteiger charge is -2.17. The second-order valence-corrected chi connectivity index (χ2v) is 7.18. The molecule has 1 heterocycles. The minimum absolute atomic E-state index is 0.0403. The highest BCUT2D eigenvalue weighted by Crippen LogP contribution is 2.23. The number of para-hydroxylation sites is 1. The molecule has 0 fully saturated rings. The summed E-state index contributed by atoms with van der Waals surface area (Å²) < 4.78 is 11.2. The van der Waals surface area contributed by atoms with Gasteiger partial charge in [0.25, 0.3) is 5.91 Å². The highest BCUT2D eigenvalue weighted by atomic mass is 35.5. The Labute approximate surface area is 163 Å². The molecule has 0 aliphatic heterocycles. The van der Waals surface area contributed by atoms with Crippen LogP contribution in [0, 0.1) is 0 Å². The second-order valence-electron chi connectivity index (χ2n) is 6.74. The Balaban J connectivity index is 1.59. The van der Waals surface area contributed by atoms with Crippen LogP contribution in [0.15, 0.2) is 52.9 Å². The van der Waals surface area contributed by atoms with Gasteiger partial charge in [-0.25, -0.2) is 0 Å². The van der Waals surface area contributed by atoms with E-state index < -0.39 is 0 Å². The summed E-state index contributed by atoms with van der Waals surface area (Å²) in [4.78, 5) is 13.5. The Morgan fingerprint density at radius 2 is 2.04 bits per heavy atom. The molecule has 0 bridgehead atoms. The number of carbonyl (C=O) groups is 1. The molecule has 0 aliphatic rings. The summed E-state index contributed by atoms with van der Waals surface area (Å²) in [7, 11) is 3.59. The van der Waals surface area contributed by atoms with Crippen molar-refractivity contribution < 1.29 is 18.8 Å². The van der Waals surface area contributed by atoms with E-state index in [2.05, 4.69) is 5.32 Å². The lowest BCUT2D eigenvalue weighted by Crippen LogP contribution is -3.08. The number of likely N-dealkylation sites (N-methyl/N-ethyl adjacent to an activating group) is 1. The molecular weight excluding hydrogens is 364 g/mol. The average molecular weight is 388 g/mol. The fraction of sp³-hybridized carbons (Fsp3) is 0.286. The fourth-order valence-corrected chi connectivity index (χ4v) is 3.32. The van der Waals surface area contributed by atoms with E-state index in [9.17, 15) is 4.79 Å². The molecule has 27 heavy (non-hydrogen) atoms. The van der Waals surface area contributed by atoms with Crippen LogP contribution in [0.5, 0.6) is 5.75 Å². The smallest absolute Gasteiger partial charge is 0.275 e. The predicted molar refractivity (Wildman–Crippen MR) is 106 cm³/mol. The van der Waals surface area contributed by atoms with Crippen LogP contribution in [0.3, 0.4) is 0 Å². The zero-order valence-electron chi connectivity index (χ0n) is 15.7. The number of amides is 1. The zero-order valence-corrected chi connectivity index (χ0v) is 16.5. The Kier molecular flexibility index (Phi) is 6.04. The number of quaternary nitrogens is 1. The number of methoxy groups -OCH3 is 1. The number of hydrogen-bond acceptors (Lipinski definition) is 3. The van der Waals surface area contributed by atoms with Crippen molar-refractivity contribution in [3.05, 3.63) is 64.9 Å². The van der Waals surface area contributed by atoms with Gasteiger partial charge < -0.3 is 19.4 Å².